The first-order valence-corrected chi connectivity index (χ1v) is 14.5. The number of H-pyrrole nitrogens is 1. The van der Waals surface area contributed by atoms with E-state index in [0.717, 1.165) is 43.0 Å². The van der Waals surface area contributed by atoms with Gasteiger partial charge in [-0.1, -0.05) is 12.0 Å². The standard InChI is InChI=1S/C30H27FN4O4S/c1-4-18-5-6-22-25(11-18)34-30-28(22)29(36)24-14-27(39-17(2)3)23(19-12-21(16-33-15-19)40(31,37)38)13-26(24)35(30)20-7-9-32-10-8-20/h1,5-6,11-17,20,32,34H,7-10H2,2-3H3. The molecule has 0 unspecified atom stereocenters. The molecule has 204 valence electrons. The van der Waals surface area contributed by atoms with E-state index in [0.29, 0.717) is 44.4 Å². The van der Waals surface area contributed by atoms with Crippen LogP contribution in [0.5, 0.6) is 5.75 Å². The summed E-state index contributed by atoms with van der Waals surface area (Å²) in [6.45, 7) is 5.35. The third-order valence-electron chi connectivity index (χ3n) is 7.36. The van der Waals surface area contributed by atoms with Crippen molar-refractivity contribution in [2.45, 2.75) is 43.7 Å². The maximum absolute atomic E-state index is 14.1. The van der Waals surface area contributed by atoms with Crippen molar-refractivity contribution in [2.75, 3.05) is 13.1 Å². The van der Waals surface area contributed by atoms with Gasteiger partial charge < -0.3 is 19.6 Å². The number of aromatic nitrogens is 3. The van der Waals surface area contributed by atoms with Gasteiger partial charge in [0.15, 0.2) is 5.43 Å². The van der Waals surface area contributed by atoms with Crippen LogP contribution >= 0.6 is 0 Å². The third kappa shape index (κ3) is 4.41. The Hall–Kier alpha value is -4.20. The Kier molecular flexibility index (Phi) is 6.36. The molecule has 0 radical (unpaired) electrons. The highest BCUT2D eigenvalue weighted by atomic mass is 32.3. The molecular weight excluding hydrogens is 531 g/mol. The van der Waals surface area contributed by atoms with E-state index < -0.39 is 15.1 Å². The van der Waals surface area contributed by atoms with Crippen molar-refractivity contribution in [3.05, 3.63) is 64.6 Å². The lowest BCUT2D eigenvalue weighted by Crippen LogP contribution is -2.30. The molecule has 2 N–H and O–H groups in total. The smallest absolute Gasteiger partial charge is 0.333 e. The molecule has 3 aromatic heterocycles. The summed E-state index contributed by atoms with van der Waals surface area (Å²) in [4.78, 5) is 21.0. The molecule has 0 spiro atoms. The lowest BCUT2D eigenvalue weighted by molar-refractivity contribution is 0.244. The minimum Gasteiger partial charge on any atom is -0.490 e. The number of benzene rings is 2. The number of halogens is 1. The van der Waals surface area contributed by atoms with Gasteiger partial charge in [-0.05, 0) is 70.1 Å². The molecule has 2 aromatic carbocycles. The highest BCUT2D eigenvalue weighted by Gasteiger charge is 2.25. The summed E-state index contributed by atoms with van der Waals surface area (Å²) in [5.74, 6) is 3.03. The number of nitrogens with zero attached hydrogens (tertiary/aromatic N) is 2. The molecule has 1 fully saturated rings. The van der Waals surface area contributed by atoms with Crippen LogP contribution in [0.2, 0.25) is 0 Å². The number of hydrogen-bond donors (Lipinski definition) is 2. The van der Waals surface area contributed by atoms with Crippen LogP contribution in [-0.4, -0.2) is 42.1 Å². The van der Waals surface area contributed by atoms with E-state index in [1.165, 1.54) is 12.3 Å². The van der Waals surface area contributed by atoms with Crippen molar-refractivity contribution < 1.29 is 17.0 Å². The summed E-state index contributed by atoms with van der Waals surface area (Å²) >= 11 is 0. The van der Waals surface area contributed by atoms with Crippen molar-refractivity contribution in [2.24, 2.45) is 0 Å². The third-order valence-corrected chi connectivity index (χ3v) is 8.14. The number of piperidine rings is 1. The van der Waals surface area contributed by atoms with Gasteiger partial charge in [0.1, 0.15) is 16.3 Å². The van der Waals surface area contributed by atoms with E-state index in [1.54, 1.807) is 6.07 Å². The SMILES string of the molecule is C#Cc1ccc2c(c1)[nH]c1c2c(=O)c2cc(OC(C)C)c(-c3cncc(S(=O)(=O)F)c3)cc2n1C1CCNCC1. The van der Waals surface area contributed by atoms with E-state index >= 15 is 0 Å². The van der Waals surface area contributed by atoms with E-state index in [9.17, 15) is 17.1 Å². The number of terminal acetylenes is 1. The van der Waals surface area contributed by atoms with E-state index in [2.05, 4.69) is 25.8 Å². The first-order valence-electron chi connectivity index (χ1n) is 13.1. The van der Waals surface area contributed by atoms with Crippen LogP contribution in [0.4, 0.5) is 3.89 Å². The molecule has 1 aliphatic heterocycles. The summed E-state index contributed by atoms with van der Waals surface area (Å²) in [6.07, 6.45) is 9.50. The average molecular weight is 559 g/mol. The van der Waals surface area contributed by atoms with Crippen molar-refractivity contribution >= 4 is 43.1 Å². The fourth-order valence-corrected chi connectivity index (χ4v) is 6.06. The highest BCUT2D eigenvalue weighted by molar-refractivity contribution is 7.86. The number of rotatable bonds is 5. The topological polar surface area (TPSA) is 106 Å². The number of aromatic amines is 1. The molecule has 6 rings (SSSR count). The number of hydrogen-bond acceptors (Lipinski definition) is 6. The molecule has 8 nitrogen and oxygen atoms in total. The maximum atomic E-state index is 14.1. The normalized spacial score (nSPS) is 14.8. The number of pyridine rings is 2. The lowest BCUT2D eigenvalue weighted by atomic mass is 9.99. The molecule has 0 amide bonds. The fourth-order valence-electron chi connectivity index (χ4n) is 5.61. The average Bonchev–Trinajstić information content (AvgIpc) is 3.31. The second kappa shape index (κ2) is 9.77. The Morgan fingerprint density at radius 1 is 1.12 bits per heavy atom. The van der Waals surface area contributed by atoms with Gasteiger partial charge in [0.2, 0.25) is 0 Å². The Morgan fingerprint density at radius 3 is 2.60 bits per heavy atom. The molecule has 0 bridgehead atoms. The summed E-state index contributed by atoms with van der Waals surface area (Å²) < 4.78 is 45.5. The minimum atomic E-state index is -4.98. The van der Waals surface area contributed by atoms with E-state index in [1.807, 2.05) is 38.1 Å². The Bertz CT molecular complexity index is 2020. The summed E-state index contributed by atoms with van der Waals surface area (Å²) in [5, 5.41) is 5.21. The van der Waals surface area contributed by atoms with Crippen molar-refractivity contribution in [1.29, 1.82) is 0 Å². The van der Waals surface area contributed by atoms with Crippen LogP contribution < -0.4 is 15.5 Å². The van der Waals surface area contributed by atoms with Crippen molar-refractivity contribution in [1.82, 2.24) is 19.9 Å². The summed E-state index contributed by atoms with van der Waals surface area (Å²) in [7, 11) is -4.98. The summed E-state index contributed by atoms with van der Waals surface area (Å²) in [5.41, 5.74) is 3.53. The second-order valence-corrected chi connectivity index (χ2v) is 11.7. The zero-order chi connectivity index (χ0) is 28.2. The molecule has 40 heavy (non-hydrogen) atoms. The van der Waals surface area contributed by atoms with Gasteiger partial charge in [0.25, 0.3) is 0 Å². The molecule has 5 aromatic rings. The van der Waals surface area contributed by atoms with Crippen LogP contribution in [0, 0.1) is 12.3 Å². The zero-order valence-corrected chi connectivity index (χ0v) is 22.8. The van der Waals surface area contributed by atoms with Gasteiger partial charge >= 0.3 is 10.2 Å². The highest BCUT2D eigenvalue weighted by Crippen LogP contribution is 2.39. The first kappa shape index (κ1) is 26.0. The molecule has 4 heterocycles. The monoisotopic (exact) mass is 558 g/mol. The van der Waals surface area contributed by atoms with Crippen LogP contribution in [-0.2, 0) is 10.2 Å². The fraction of sp³-hybridized carbons (Fsp3) is 0.267. The predicted molar refractivity (Wildman–Crippen MR) is 154 cm³/mol. The Morgan fingerprint density at radius 2 is 1.90 bits per heavy atom. The van der Waals surface area contributed by atoms with Gasteiger partial charge in [0.05, 0.1) is 22.4 Å². The molecule has 1 aliphatic rings. The minimum absolute atomic E-state index is 0.0763. The van der Waals surface area contributed by atoms with Crippen molar-refractivity contribution in [3.63, 3.8) is 0 Å². The predicted octanol–water partition coefficient (Wildman–Crippen LogP) is 5.05. The number of fused-ring (bicyclic) bond motifs is 4. The second-order valence-electron chi connectivity index (χ2n) is 10.3. The Balaban J connectivity index is 1.75. The van der Waals surface area contributed by atoms with Crippen LogP contribution in [0.1, 0.15) is 38.3 Å². The molecular formula is C30H27FN4O4S. The quantitative estimate of drug-likeness (QED) is 0.231. The Labute approximate surface area is 230 Å². The van der Waals surface area contributed by atoms with Crippen molar-refractivity contribution in [3.8, 4) is 29.2 Å². The van der Waals surface area contributed by atoms with Gasteiger partial charge in [-0.25, -0.2) is 0 Å². The van der Waals surface area contributed by atoms with Crippen LogP contribution in [0.15, 0.2) is 58.5 Å². The van der Waals surface area contributed by atoms with E-state index in [4.69, 9.17) is 11.2 Å². The number of ether oxygens (including phenoxy) is 1. The summed E-state index contributed by atoms with van der Waals surface area (Å²) in [6, 6.07) is 10.4. The maximum Gasteiger partial charge on any atom is 0.333 e. The van der Waals surface area contributed by atoms with Gasteiger partial charge in [-0.15, -0.1) is 10.3 Å². The van der Waals surface area contributed by atoms with E-state index in [-0.39, 0.29) is 17.6 Å². The molecule has 0 atom stereocenters. The number of nitrogens with one attached hydrogen (secondary N) is 2. The molecule has 0 saturated carbocycles. The van der Waals surface area contributed by atoms with Gasteiger partial charge in [0, 0.05) is 46.0 Å². The molecule has 1 saturated heterocycles. The largest absolute Gasteiger partial charge is 0.490 e. The zero-order valence-electron chi connectivity index (χ0n) is 22.0. The van der Waals surface area contributed by atoms with Gasteiger partial charge in [-0.3, -0.25) is 9.78 Å². The molecule has 10 heteroatoms. The first-order chi connectivity index (χ1) is 19.2. The molecule has 0 aliphatic carbocycles. The van der Waals surface area contributed by atoms with Crippen LogP contribution in [0.25, 0.3) is 44.0 Å². The van der Waals surface area contributed by atoms with Crippen LogP contribution in [0.3, 0.4) is 0 Å². The lowest BCUT2D eigenvalue weighted by Gasteiger charge is -2.28. The van der Waals surface area contributed by atoms with Gasteiger partial charge in [-0.2, -0.15) is 8.42 Å².